The molecule has 1 aliphatic heterocycles. The topological polar surface area (TPSA) is 61.9 Å². The van der Waals surface area contributed by atoms with Crippen molar-refractivity contribution in [3.63, 3.8) is 0 Å². The van der Waals surface area contributed by atoms with Crippen molar-refractivity contribution < 1.29 is 14.3 Å². The fourth-order valence-corrected chi connectivity index (χ4v) is 4.22. The highest BCUT2D eigenvalue weighted by atomic mass is 32.1. The summed E-state index contributed by atoms with van der Waals surface area (Å²) in [4.78, 5) is 30.0. The first-order valence-corrected chi connectivity index (χ1v) is 11.3. The Morgan fingerprint density at radius 1 is 1.27 bits per heavy atom. The zero-order valence-electron chi connectivity index (χ0n) is 18.2. The molecule has 0 unspecified atom stereocenters. The molecule has 162 valence electrons. The van der Waals surface area contributed by atoms with Crippen molar-refractivity contribution in [2.75, 3.05) is 37.5 Å². The van der Waals surface area contributed by atoms with Gasteiger partial charge in [-0.05, 0) is 48.1 Å². The van der Waals surface area contributed by atoms with Gasteiger partial charge in [0, 0.05) is 51.1 Å². The average molecular weight is 430 g/mol. The van der Waals surface area contributed by atoms with Crippen LogP contribution in [0, 0.1) is 5.92 Å². The molecular weight excluding hydrogens is 398 g/mol. The lowest BCUT2D eigenvalue weighted by Gasteiger charge is -2.28. The van der Waals surface area contributed by atoms with Crippen LogP contribution < -0.4 is 10.2 Å². The van der Waals surface area contributed by atoms with E-state index in [0.29, 0.717) is 13.1 Å². The van der Waals surface area contributed by atoms with E-state index in [0.717, 1.165) is 41.3 Å². The molecular formula is C23H31N3O3S. The predicted molar refractivity (Wildman–Crippen MR) is 122 cm³/mol. The van der Waals surface area contributed by atoms with Gasteiger partial charge in [0.25, 0.3) is 5.91 Å². The largest absolute Gasteiger partial charge is 0.377 e. The number of hydrogen-bond donors (Lipinski definition) is 1. The van der Waals surface area contributed by atoms with Gasteiger partial charge in [0.05, 0.1) is 11.0 Å². The summed E-state index contributed by atoms with van der Waals surface area (Å²) in [6.45, 7) is 5.51. The summed E-state index contributed by atoms with van der Waals surface area (Å²) in [6.07, 6.45) is 2.07. The molecule has 7 heteroatoms. The molecule has 0 aliphatic carbocycles. The number of hydrogen-bond acceptors (Lipinski definition) is 5. The monoisotopic (exact) mass is 429 g/mol. The number of amides is 2. The summed E-state index contributed by atoms with van der Waals surface area (Å²) >= 11 is 1.45. The number of nitrogens with one attached hydrogen (secondary N) is 1. The molecule has 2 heterocycles. The highest BCUT2D eigenvalue weighted by Gasteiger charge is 2.25. The Morgan fingerprint density at radius 2 is 2.07 bits per heavy atom. The van der Waals surface area contributed by atoms with Crippen LogP contribution in [0.3, 0.4) is 0 Å². The SMILES string of the molecule is CC(C)C(=O)Nc1ccc(N(C)C)c(CN(C[C@@H]2CCCO2)C(=O)c2cccs2)c1. The van der Waals surface area contributed by atoms with Gasteiger partial charge in [-0.15, -0.1) is 11.3 Å². The second-order valence-corrected chi connectivity index (χ2v) is 9.13. The third-order valence-corrected chi connectivity index (χ3v) is 6.04. The van der Waals surface area contributed by atoms with Crippen molar-refractivity contribution in [3.8, 4) is 0 Å². The van der Waals surface area contributed by atoms with Gasteiger partial charge >= 0.3 is 0 Å². The lowest BCUT2D eigenvalue weighted by atomic mass is 10.1. The molecule has 30 heavy (non-hydrogen) atoms. The minimum Gasteiger partial charge on any atom is -0.377 e. The summed E-state index contributed by atoms with van der Waals surface area (Å²) in [7, 11) is 3.97. The zero-order chi connectivity index (χ0) is 21.7. The lowest BCUT2D eigenvalue weighted by Crippen LogP contribution is -2.37. The van der Waals surface area contributed by atoms with E-state index < -0.39 is 0 Å². The van der Waals surface area contributed by atoms with E-state index in [9.17, 15) is 9.59 Å². The highest BCUT2D eigenvalue weighted by Crippen LogP contribution is 2.27. The van der Waals surface area contributed by atoms with E-state index >= 15 is 0 Å². The summed E-state index contributed by atoms with van der Waals surface area (Å²) < 4.78 is 5.81. The number of thiophene rings is 1. The molecule has 1 fully saturated rings. The molecule has 2 aromatic rings. The normalized spacial score (nSPS) is 16.0. The van der Waals surface area contributed by atoms with Gasteiger partial charge in [-0.2, -0.15) is 0 Å². The molecule has 0 bridgehead atoms. The molecule has 1 saturated heterocycles. The standard InChI is InChI=1S/C23H31N3O3S/c1-16(2)22(27)24-18-9-10-20(25(3)4)17(13-18)14-26(15-19-7-5-11-29-19)23(28)21-8-6-12-30-21/h6,8-10,12-13,16,19H,5,7,11,14-15H2,1-4H3,(H,24,27)/t19-/m0/s1. The van der Waals surface area contributed by atoms with Crippen LogP contribution in [0.4, 0.5) is 11.4 Å². The van der Waals surface area contributed by atoms with Crippen molar-refractivity contribution >= 4 is 34.5 Å². The summed E-state index contributed by atoms with van der Waals surface area (Å²) in [5, 5.41) is 4.89. The number of carbonyl (C=O) groups is 2. The molecule has 0 spiro atoms. The first-order valence-electron chi connectivity index (χ1n) is 10.4. The van der Waals surface area contributed by atoms with E-state index in [4.69, 9.17) is 4.74 Å². The summed E-state index contributed by atoms with van der Waals surface area (Å²) in [6, 6.07) is 9.63. The predicted octanol–water partition coefficient (Wildman–Crippen LogP) is 4.23. The van der Waals surface area contributed by atoms with Crippen molar-refractivity contribution in [1.82, 2.24) is 4.90 Å². The smallest absolute Gasteiger partial charge is 0.264 e. The maximum absolute atomic E-state index is 13.2. The van der Waals surface area contributed by atoms with Crippen LogP contribution in [0.1, 0.15) is 41.9 Å². The Bertz CT molecular complexity index is 859. The summed E-state index contributed by atoms with van der Waals surface area (Å²) in [5.41, 5.74) is 2.76. The Labute approximate surface area is 182 Å². The van der Waals surface area contributed by atoms with Gasteiger partial charge in [-0.3, -0.25) is 9.59 Å². The van der Waals surface area contributed by atoms with Gasteiger partial charge < -0.3 is 19.9 Å². The van der Waals surface area contributed by atoms with E-state index in [1.165, 1.54) is 11.3 Å². The maximum Gasteiger partial charge on any atom is 0.264 e. The van der Waals surface area contributed by atoms with Crippen molar-refractivity contribution in [3.05, 3.63) is 46.2 Å². The van der Waals surface area contributed by atoms with E-state index in [1.54, 1.807) is 0 Å². The highest BCUT2D eigenvalue weighted by molar-refractivity contribution is 7.12. The molecule has 0 saturated carbocycles. The minimum absolute atomic E-state index is 0.0156. The van der Waals surface area contributed by atoms with E-state index in [-0.39, 0.29) is 23.8 Å². The van der Waals surface area contributed by atoms with Crippen LogP contribution in [0.2, 0.25) is 0 Å². The number of carbonyl (C=O) groups excluding carboxylic acids is 2. The minimum atomic E-state index is -0.0987. The summed E-state index contributed by atoms with van der Waals surface area (Å²) in [5.74, 6) is -0.107. The number of rotatable bonds is 8. The van der Waals surface area contributed by atoms with Crippen LogP contribution >= 0.6 is 11.3 Å². The van der Waals surface area contributed by atoms with Crippen LogP contribution in [0.15, 0.2) is 35.7 Å². The Balaban J connectivity index is 1.88. The van der Waals surface area contributed by atoms with E-state index in [1.807, 2.05) is 73.5 Å². The van der Waals surface area contributed by atoms with Crippen molar-refractivity contribution in [2.24, 2.45) is 5.92 Å². The van der Waals surface area contributed by atoms with Gasteiger partial charge in [-0.1, -0.05) is 19.9 Å². The fraction of sp³-hybridized carbons (Fsp3) is 0.478. The van der Waals surface area contributed by atoms with Gasteiger partial charge in [0.2, 0.25) is 5.91 Å². The van der Waals surface area contributed by atoms with Crippen molar-refractivity contribution in [1.29, 1.82) is 0 Å². The number of nitrogens with zero attached hydrogens (tertiary/aromatic N) is 2. The first kappa shape index (κ1) is 22.3. The third-order valence-electron chi connectivity index (χ3n) is 5.18. The fourth-order valence-electron chi connectivity index (χ4n) is 3.53. The van der Waals surface area contributed by atoms with Gasteiger partial charge in [-0.25, -0.2) is 0 Å². The Kier molecular flexibility index (Phi) is 7.50. The zero-order valence-corrected chi connectivity index (χ0v) is 19.0. The number of benzene rings is 1. The molecule has 1 N–H and O–H groups in total. The molecule has 1 aromatic heterocycles. The third kappa shape index (κ3) is 5.61. The Morgan fingerprint density at radius 3 is 2.67 bits per heavy atom. The van der Waals surface area contributed by atoms with Crippen LogP contribution in [0.5, 0.6) is 0 Å². The Hall–Kier alpha value is -2.38. The van der Waals surface area contributed by atoms with Crippen LogP contribution in [-0.2, 0) is 16.1 Å². The molecule has 1 aliphatic rings. The quantitative estimate of drug-likeness (QED) is 0.682. The van der Waals surface area contributed by atoms with Crippen molar-refractivity contribution in [2.45, 2.75) is 39.3 Å². The second-order valence-electron chi connectivity index (χ2n) is 8.18. The van der Waals surface area contributed by atoms with Crippen LogP contribution in [-0.4, -0.2) is 50.1 Å². The lowest BCUT2D eigenvalue weighted by molar-refractivity contribution is -0.118. The molecule has 6 nitrogen and oxygen atoms in total. The molecule has 1 atom stereocenters. The van der Waals surface area contributed by atoms with Gasteiger partial charge in [0.1, 0.15) is 0 Å². The van der Waals surface area contributed by atoms with Crippen LogP contribution in [0.25, 0.3) is 0 Å². The second kappa shape index (κ2) is 10.1. The molecule has 2 amide bonds. The molecule has 3 rings (SSSR count). The molecule has 1 aromatic carbocycles. The van der Waals surface area contributed by atoms with Gasteiger partial charge in [0.15, 0.2) is 0 Å². The number of ether oxygens (including phenoxy) is 1. The molecule has 0 radical (unpaired) electrons. The first-order chi connectivity index (χ1) is 14.3. The van der Waals surface area contributed by atoms with E-state index in [2.05, 4.69) is 5.32 Å². The maximum atomic E-state index is 13.2. The number of anilines is 2. The average Bonchev–Trinajstić information content (AvgIpc) is 3.41.